The summed E-state index contributed by atoms with van der Waals surface area (Å²) < 4.78 is 0. The lowest BCUT2D eigenvalue weighted by Gasteiger charge is -2.32. The van der Waals surface area contributed by atoms with E-state index in [-0.39, 0.29) is 24.1 Å². The molecule has 4 nitrogen and oxygen atoms in total. The molecule has 2 aliphatic rings. The maximum atomic E-state index is 13.6. The lowest BCUT2D eigenvalue weighted by Crippen LogP contribution is -2.37. The van der Waals surface area contributed by atoms with Crippen LogP contribution in [0, 0.1) is 0 Å². The van der Waals surface area contributed by atoms with Crippen molar-refractivity contribution in [3.8, 4) is 0 Å². The molecular formula is C22H19ClN2O2S2. The van der Waals surface area contributed by atoms with Crippen LogP contribution in [0.5, 0.6) is 0 Å². The number of halogens is 1. The number of thiophene rings is 2. The topological polar surface area (TPSA) is 49.4 Å². The number of para-hydroxylation sites is 2. The number of carbonyl (C=O) groups is 2. The van der Waals surface area contributed by atoms with Gasteiger partial charge in [0.05, 0.1) is 16.3 Å². The molecular weight excluding hydrogens is 424 g/mol. The third-order valence-electron chi connectivity index (χ3n) is 5.20. The van der Waals surface area contributed by atoms with Crippen LogP contribution in [0.15, 0.2) is 70.6 Å². The molecule has 7 heteroatoms. The number of carbonyl (C=O) groups excluding carboxylic acids is 2. The number of allylic oxidation sites excluding steroid dienone is 1. The van der Waals surface area contributed by atoms with Crippen molar-refractivity contribution in [3.05, 3.63) is 80.3 Å². The molecule has 1 aromatic carbocycles. The molecule has 5 rings (SSSR count). The molecule has 1 atom stereocenters. The molecule has 0 bridgehead atoms. The number of hydrogen-bond acceptors (Lipinski definition) is 5. The van der Waals surface area contributed by atoms with E-state index in [1.54, 1.807) is 11.3 Å². The molecule has 1 amide bonds. The van der Waals surface area contributed by atoms with Gasteiger partial charge in [-0.15, -0.1) is 35.1 Å². The van der Waals surface area contributed by atoms with Crippen LogP contribution in [-0.4, -0.2) is 11.7 Å². The summed E-state index contributed by atoms with van der Waals surface area (Å²) in [5.41, 5.74) is 3.36. The Morgan fingerprint density at radius 3 is 2.55 bits per heavy atom. The molecule has 2 aromatic heterocycles. The molecule has 1 unspecified atom stereocenters. The number of anilines is 2. The first-order chi connectivity index (χ1) is 13.7. The van der Waals surface area contributed by atoms with Gasteiger partial charge in [-0.25, -0.2) is 0 Å². The Balaban J connectivity index is 0.00000205. The number of benzene rings is 1. The van der Waals surface area contributed by atoms with Crippen LogP contribution in [0.2, 0.25) is 0 Å². The summed E-state index contributed by atoms with van der Waals surface area (Å²) in [5.74, 6) is 0.0544. The first-order valence-corrected chi connectivity index (χ1v) is 11.0. The number of nitrogens with zero attached hydrogens (tertiary/aromatic N) is 1. The minimum absolute atomic E-state index is 0. The Morgan fingerprint density at radius 1 is 1.00 bits per heavy atom. The zero-order valence-corrected chi connectivity index (χ0v) is 17.9. The number of ketones is 1. The van der Waals surface area contributed by atoms with E-state index >= 15 is 0 Å². The van der Waals surface area contributed by atoms with Gasteiger partial charge in [0, 0.05) is 22.6 Å². The molecule has 3 aromatic rings. The number of amides is 1. The van der Waals surface area contributed by atoms with Gasteiger partial charge in [-0.1, -0.05) is 24.3 Å². The fourth-order valence-electron chi connectivity index (χ4n) is 3.99. The monoisotopic (exact) mass is 442 g/mol. The second-order valence-electron chi connectivity index (χ2n) is 6.88. The highest BCUT2D eigenvalue weighted by Gasteiger charge is 2.40. The lowest BCUT2D eigenvalue weighted by molar-refractivity contribution is -0.116. The van der Waals surface area contributed by atoms with Crippen molar-refractivity contribution in [1.82, 2.24) is 0 Å². The number of Topliss-reactive ketones (excluding diaryl/α,β-unsaturated/α-hetero) is 1. The van der Waals surface area contributed by atoms with Gasteiger partial charge < -0.3 is 5.32 Å². The Kier molecular flexibility index (Phi) is 5.58. The van der Waals surface area contributed by atoms with Crippen LogP contribution in [0.3, 0.4) is 0 Å². The fourth-order valence-corrected chi connectivity index (χ4v) is 5.48. The van der Waals surface area contributed by atoms with Crippen molar-refractivity contribution >= 4 is 58.1 Å². The van der Waals surface area contributed by atoms with E-state index in [1.165, 1.54) is 11.3 Å². The van der Waals surface area contributed by atoms with Crippen LogP contribution < -0.4 is 10.2 Å². The van der Waals surface area contributed by atoms with Gasteiger partial charge in [0.25, 0.3) is 5.91 Å². The van der Waals surface area contributed by atoms with Crippen molar-refractivity contribution in [2.75, 3.05) is 10.2 Å². The molecule has 0 radical (unpaired) electrons. The van der Waals surface area contributed by atoms with Gasteiger partial charge in [0.15, 0.2) is 5.78 Å². The van der Waals surface area contributed by atoms with E-state index in [4.69, 9.17) is 0 Å². The highest BCUT2D eigenvalue weighted by molar-refractivity contribution is 7.12. The summed E-state index contributed by atoms with van der Waals surface area (Å²) in [4.78, 5) is 30.2. The van der Waals surface area contributed by atoms with Crippen molar-refractivity contribution in [3.63, 3.8) is 0 Å². The maximum absolute atomic E-state index is 13.6. The van der Waals surface area contributed by atoms with E-state index in [9.17, 15) is 9.59 Å². The van der Waals surface area contributed by atoms with Crippen LogP contribution >= 0.6 is 35.1 Å². The molecule has 1 N–H and O–H groups in total. The summed E-state index contributed by atoms with van der Waals surface area (Å²) in [5, 5.41) is 7.40. The molecule has 0 saturated carbocycles. The van der Waals surface area contributed by atoms with Crippen molar-refractivity contribution in [1.29, 1.82) is 0 Å². The van der Waals surface area contributed by atoms with E-state index < -0.39 is 6.04 Å². The van der Waals surface area contributed by atoms with Crippen molar-refractivity contribution in [2.24, 2.45) is 0 Å². The predicted octanol–water partition coefficient (Wildman–Crippen LogP) is 6.05. The highest BCUT2D eigenvalue weighted by atomic mass is 35.5. The van der Waals surface area contributed by atoms with Crippen LogP contribution in [-0.2, 0) is 4.79 Å². The fraction of sp³-hybridized carbons (Fsp3) is 0.182. The third-order valence-corrected chi connectivity index (χ3v) is 6.98. The summed E-state index contributed by atoms with van der Waals surface area (Å²) in [6.07, 6.45) is 2.18. The number of hydrogen-bond donors (Lipinski definition) is 1. The predicted molar refractivity (Wildman–Crippen MR) is 121 cm³/mol. The molecule has 0 fully saturated rings. The largest absolute Gasteiger partial charge is 0.357 e. The highest BCUT2D eigenvalue weighted by Crippen LogP contribution is 2.46. The smallest absolute Gasteiger partial charge is 0.269 e. The van der Waals surface area contributed by atoms with Gasteiger partial charge in [0.1, 0.15) is 6.04 Å². The second-order valence-corrected chi connectivity index (χ2v) is 8.81. The number of fused-ring (bicyclic) bond motifs is 1. The van der Waals surface area contributed by atoms with E-state index in [1.807, 2.05) is 64.2 Å². The van der Waals surface area contributed by atoms with Crippen LogP contribution in [0.1, 0.15) is 39.9 Å². The van der Waals surface area contributed by atoms with Gasteiger partial charge in [0.2, 0.25) is 0 Å². The maximum Gasteiger partial charge on any atom is 0.269 e. The second kappa shape index (κ2) is 8.14. The normalized spacial score (nSPS) is 18.3. The minimum atomic E-state index is -0.409. The zero-order chi connectivity index (χ0) is 19.1. The molecule has 148 valence electrons. The Labute approximate surface area is 183 Å². The first-order valence-electron chi connectivity index (χ1n) is 9.27. The van der Waals surface area contributed by atoms with Gasteiger partial charge in [-0.2, -0.15) is 0 Å². The number of nitrogens with one attached hydrogen (secondary N) is 1. The van der Waals surface area contributed by atoms with E-state index in [2.05, 4.69) is 5.32 Å². The first kappa shape index (κ1) is 19.9. The molecule has 0 saturated heterocycles. The third kappa shape index (κ3) is 3.41. The van der Waals surface area contributed by atoms with E-state index in [0.717, 1.165) is 40.4 Å². The summed E-state index contributed by atoms with van der Waals surface area (Å²) in [6, 6.07) is 15.1. The molecule has 0 spiro atoms. The molecule has 1 aliphatic heterocycles. The van der Waals surface area contributed by atoms with Crippen LogP contribution in [0.4, 0.5) is 11.4 Å². The Bertz CT molecular complexity index is 1070. The minimum Gasteiger partial charge on any atom is -0.357 e. The average molecular weight is 443 g/mol. The standard InChI is InChI=1S/C22H18N2O2S2.ClH/c25-17-9-3-7-15-20(17)21(18-10-4-12-27-18)24(22(26)19-11-5-13-28-19)16-8-2-1-6-14(16)23-15;/h1-2,4-6,8,10-13,21,23H,3,7,9H2;1H. The van der Waals surface area contributed by atoms with Crippen molar-refractivity contribution < 1.29 is 9.59 Å². The molecule has 1 aliphatic carbocycles. The Hall–Kier alpha value is -2.41. The summed E-state index contributed by atoms with van der Waals surface area (Å²) in [7, 11) is 0. The SMILES string of the molecule is Cl.O=C1CCCC2=C1C(c1cccs1)N(C(=O)c1cccs1)c1ccccc1N2. The van der Waals surface area contributed by atoms with E-state index in [0.29, 0.717) is 11.3 Å². The summed E-state index contributed by atoms with van der Waals surface area (Å²) in [6.45, 7) is 0. The molecule has 3 heterocycles. The molecule has 29 heavy (non-hydrogen) atoms. The summed E-state index contributed by atoms with van der Waals surface area (Å²) >= 11 is 3.01. The lowest BCUT2D eigenvalue weighted by atomic mass is 9.88. The zero-order valence-electron chi connectivity index (χ0n) is 15.5. The Morgan fingerprint density at radius 2 is 1.79 bits per heavy atom. The average Bonchev–Trinajstić information content (AvgIpc) is 3.39. The van der Waals surface area contributed by atoms with Crippen molar-refractivity contribution in [2.45, 2.75) is 25.3 Å². The van der Waals surface area contributed by atoms with Crippen LogP contribution in [0.25, 0.3) is 0 Å². The van der Waals surface area contributed by atoms with Gasteiger partial charge in [-0.3, -0.25) is 14.5 Å². The van der Waals surface area contributed by atoms with Gasteiger partial charge in [-0.05, 0) is 47.9 Å². The quantitative estimate of drug-likeness (QED) is 0.525. The van der Waals surface area contributed by atoms with Gasteiger partial charge >= 0.3 is 0 Å². The number of rotatable bonds is 2.